The molecule has 1 aliphatic heterocycles. The average molecular weight is 579 g/mol. The number of rotatable bonds is 8. The molecule has 174 valence electrons. The number of anilines is 1. The maximum atomic E-state index is 12.7. The number of thioether (sulfide) groups is 1. The molecule has 0 atom stereocenters. The lowest BCUT2D eigenvalue weighted by Crippen LogP contribution is -2.28. The summed E-state index contributed by atoms with van der Waals surface area (Å²) in [5.74, 6) is 0.644. The first-order chi connectivity index (χ1) is 15.9. The van der Waals surface area contributed by atoms with Gasteiger partial charge in [0.05, 0.1) is 15.6 Å². The van der Waals surface area contributed by atoms with Crippen molar-refractivity contribution in [3.8, 4) is 11.5 Å². The molecule has 2 aromatic rings. The van der Waals surface area contributed by atoms with Gasteiger partial charge in [-0.3, -0.25) is 19.5 Å². The summed E-state index contributed by atoms with van der Waals surface area (Å²) in [5.41, 5.74) is 2.63. The van der Waals surface area contributed by atoms with Crippen molar-refractivity contribution in [2.45, 2.75) is 20.8 Å². The number of ether oxygens (including phenoxy) is 2. The zero-order valence-corrected chi connectivity index (χ0v) is 22.0. The highest BCUT2D eigenvalue weighted by Crippen LogP contribution is 2.37. The van der Waals surface area contributed by atoms with Crippen molar-refractivity contribution < 1.29 is 19.1 Å². The first kappa shape index (κ1) is 25.1. The number of likely N-dealkylation sites (N-methyl/N-ethyl adjacent to an activating group) is 1. The molecular weight excluding hydrogens is 553 g/mol. The monoisotopic (exact) mass is 579 g/mol. The number of halogens is 1. The van der Waals surface area contributed by atoms with Crippen molar-refractivity contribution >= 4 is 63.1 Å². The second kappa shape index (κ2) is 11.6. The number of hydrogen-bond donors (Lipinski definition) is 1. The lowest BCUT2D eigenvalue weighted by atomic mass is 10.2. The molecule has 1 N–H and O–H groups in total. The lowest BCUT2D eigenvalue weighted by Gasteiger charge is -2.14. The van der Waals surface area contributed by atoms with Crippen LogP contribution in [-0.4, -0.2) is 48.7 Å². The van der Waals surface area contributed by atoms with E-state index in [1.807, 2.05) is 57.2 Å². The van der Waals surface area contributed by atoms with Crippen molar-refractivity contribution in [2.75, 3.05) is 32.1 Å². The minimum absolute atomic E-state index is 0.0585. The van der Waals surface area contributed by atoms with Crippen LogP contribution in [0.3, 0.4) is 0 Å². The number of methoxy groups -OCH3 is 1. The third-order valence-corrected chi connectivity index (χ3v) is 6.58. The Balaban J connectivity index is 1.75. The molecule has 0 bridgehead atoms. The van der Waals surface area contributed by atoms with Crippen LogP contribution in [0.15, 0.2) is 46.3 Å². The molecule has 0 radical (unpaired) electrons. The molecule has 2 aromatic carbocycles. The summed E-state index contributed by atoms with van der Waals surface area (Å²) in [6, 6.07) is 11.2. The third kappa shape index (κ3) is 6.29. The average Bonchev–Trinajstić information content (AvgIpc) is 3.08. The van der Waals surface area contributed by atoms with E-state index >= 15 is 0 Å². The second-order valence-electron chi connectivity index (χ2n) is 7.15. The minimum atomic E-state index is -0.266. The summed E-state index contributed by atoms with van der Waals surface area (Å²) in [7, 11) is 1.54. The van der Waals surface area contributed by atoms with E-state index in [0.29, 0.717) is 35.2 Å². The summed E-state index contributed by atoms with van der Waals surface area (Å²) < 4.78 is 12.1. The van der Waals surface area contributed by atoms with Crippen molar-refractivity contribution in [2.24, 2.45) is 4.99 Å². The molecule has 2 amide bonds. The van der Waals surface area contributed by atoms with Crippen LogP contribution < -0.4 is 14.8 Å². The van der Waals surface area contributed by atoms with Crippen LogP contribution in [-0.2, 0) is 9.59 Å². The van der Waals surface area contributed by atoms with Gasteiger partial charge in [-0.05, 0) is 91.0 Å². The molecule has 1 saturated heterocycles. The van der Waals surface area contributed by atoms with Crippen molar-refractivity contribution in [1.29, 1.82) is 0 Å². The van der Waals surface area contributed by atoms with Gasteiger partial charge in [-0.15, -0.1) is 0 Å². The Labute approximate surface area is 211 Å². The molecule has 1 aliphatic rings. The van der Waals surface area contributed by atoms with E-state index in [1.54, 1.807) is 18.1 Å². The number of benzene rings is 2. The first-order valence-corrected chi connectivity index (χ1v) is 12.4. The van der Waals surface area contributed by atoms with Gasteiger partial charge in [0.1, 0.15) is 0 Å². The van der Waals surface area contributed by atoms with Crippen molar-refractivity contribution in [3.63, 3.8) is 0 Å². The molecule has 0 spiro atoms. The second-order valence-corrected chi connectivity index (χ2v) is 9.33. The Kier molecular flexibility index (Phi) is 8.79. The van der Waals surface area contributed by atoms with Crippen LogP contribution in [0.5, 0.6) is 11.5 Å². The quantitative estimate of drug-likeness (QED) is 0.354. The van der Waals surface area contributed by atoms with Gasteiger partial charge in [-0.25, -0.2) is 0 Å². The predicted molar refractivity (Wildman–Crippen MR) is 142 cm³/mol. The maximum absolute atomic E-state index is 12.7. The van der Waals surface area contributed by atoms with Crippen molar-refractivity contribution in [3.05, 3.63) is 56.0 Å². The van der Waals surface area contributed by atoms with E-state index < -0.39 is 0 Å². The molecule has 0 saturated carbocycles. The van der Waals surface area contributed by atoms with E-state index in [-0.39, 0.29) is 18.4 Å². The normalized spacial score (nSPS) is 15.9. The number of carbonyl (C=O) groups is 2. The number of carbonyl (C=O) groups excluding carboxylic acids is 2. The van der Waals surface area contributed by atoms with Gasteiger partial charge in [0.2, 0.25) is 0 Å². The minimum Gasteiger partial charge on any atom is -0.493 e. The Bertz CT molecular complexity index is 1100. The SMILES string of the molecule is CCN=C1S/C(=C\c2cc(I)c(OCC(=O)Nc3ccc(C)cc3)c(OC)c2)C(=O)N1CC. The van der Waals surface area contributed by atoms with E-state index in [9.17, 15) is 9.59 Å². The third-order valence-electron chi connectivity index (χ3n) is 4.73. The number of aryl methyl sites for hydroxylation is 1. The highest BCUT2D eigenvalue weighted by molar-refractivity contribution is 14.1. The van der Waals surface area contributed by atoms with Gasteiger partial charge in [0, 0.05) is 18.8 Å². The summed E-state index contributed by atoms with van der Waals surface area (Å²) in [5, 5.41) is 3.53. The fraction of sp³-hybridized carbons (Fsp3) is 0.292. The molecule has 33 heavy (non-hydrogen) atoms. The number of aliphatic imine (C=N–C) groups is 1. The number of amidine groups is 1. The molecule has 7 nitrogen and oxygen atoms in total. The largest absolute Gasteiger partial charge is 0.493 e. The molecular formula is C24H26IN3O4S. The number of nitrogens with zero attached hydrogens (tertiary/aromatic N) is 2. The van der Waals surface area contributed by atoms with Gasteiger partial charge in [-0.1, -0.05) is 17.7 Å². The fourth-order valence-electron chi connectivity index (χ4n) is 3.13. The maximum Gasteiger partial charge on any atom is 0.266 e. The molecule has 3 rings (SSSR count). The molecule has 1 fully saturated rings. The summed E-state index contributed by atoms with van der Waals surface area (Å²) in [6.45, 7) is 6.90. The Morgan fingerprint density at radius 3 is 2.61 bits per heavy atom. The zero-order chi connectivity index (χ0) is 24.0. The van der Waals surface area contributed by atoms with Gasteiger partial charge >= 0.3 is 0 Å². The fourth-order valence-corrected chi connectivity index (χ4v) is 5.01. The number of amides is 2. The molecule has 0 aromatic heterocycles. The van der Waals surface area contributed by atoms with Crippen LogP contribution in [0.25, 0.3) is 6.08 Å². The van der Waals surface area contributed by atoms with Crippen LogP contribution in [0.1, 0.15) is 25.0 Å². The van der Waals surface area contributed by atoms with Crippen LogP contribution >= 0.6 is 34.4 Å². The molecule has 0 unspecified atom stereocenters. The first-order valence-electron chi connectivity index (χ1n) is 10.5. The Morgan fingerprint density at radius 1 is 1.24 bits per heavy atom. The number of hydrogen-bond acceptors (Lipinski definition) is 6. The highest BCUT2D eigenvalue weighted by Gasteiger charge is 2.32. The van der Waals surface area contributed by atoms with Crippen LogP contribution in [0, 0.1) is 10.5 Å². The lowest BCUT2D eigenvalue weighted by molar-refractivity contribution is -0.122. The number of nitrogens with one attached hydrogen (secondary N) is 1. The molecule has 1 heterocycles. The zero-order valence-electron chi connectivity index (χ0n) is 19.0. The van der Waals surface area contributed by atoms with Crippen LogP contribution in [0.4, 0.5) is 5.69 Å². The van der Waals surface area contributed by atoms with Crippen LogP contribution in [0.2, 0.25) is 0 Å². The smallest absolute Gasteiger partial charge is 0.266 e. The predicted octanol–water partition coefficient (Wildman–Crippen LogP) is 4.94. The highest BCUT2D eigenvalue weighted by atomic mass is 127. The standard InChI is InChI=1S/C24H26IN3O4S/c1-5-26-24-28(6-2)23(30)20(33-24)13-16-11-18(25)22(19(12-16)31-4)32-14-21(29)27-17-9-7-15(3)8-10-17/h7-13H,5-6,14H2,1-4H3,(H,27,29)/b20-13-,26-24?. The van der Waals surface area contributed by atoms with Gasteiger partial charge in [0.15, 0.2) is 23.3 Å². The van der Waals surface area contributed by atoms with Gasteiger partial charge in [-0.2, -0.15) is 0 Å². The molecule has 0 aliphatic carbocycles. The molecule has 9 heteroatoms. The Morgan fingerprint density at radius 2 is 1.97 bits per heavy atom. The topological polar surface area (TPSA) is 80.2 Å². The summed E-state index contributed by atoms with van der Waals surface area (Å²) in [6.07, 6.45) is 1.83. The van der Waals surface area contributed by atoms with Gasteiger partial charge < -0.3 is 14.8 Å². The van der Waals surface area contributed by atoms with E-state index in [2.05, 4.69) is 32.9 Å². The Hall–Kier alpha value is -2.53. The van der Waals surface area contributed by atoms with E-state index in [1.165, 1.54) is 11.8 Å². The van der Waals surface area contributed by atoms with Crippen molar-refractivity contribution in [1.82, 2.24) is 4.90 Å². The van der Waals surface area contributed by atoms with Gasteiger partial charge in [0.25, 0.3) is 11.8 Å². The summed E-state index contributed by atoms with van der Waals surface area (Å²) in [4.78, 5) is 31.7. The summed E-state index contributed by atoms with van der Waals surface area (Å²) >= 11 is 3.51. The van der Waals surface area contributed by atoms with E-state index in [0.717, 1.165) is 19.9 Å². The van der Waals surface area contributed by atoms with E-state index in [4.69, 9.17) is 9.47 Å².